The summed E-state index contributed by atoms with van der Waals surface area (Å²) in [4.78, 5) is 4.04. The summed E-state index contributed by atoms with van der Waals surface area (Å²) in [5.74, 6) is 1.64. The molecule has 2 aromatic rings. The number of hydrogen-bond acceptors (Lipinski definition) is 2. The van der Waals surface area contributed by atoms with Crippen LogP contribution in [0.5, 0.6) is 0 Å². The third-order valence-corrected chi connectivity index (χ3v) is 2.20. The summed E-state index contributed by atoms with van der Waals surface area (Å²) in [5, 5.41) is 0. The Labute approximate surface area is 87.5 Å². The normalized spacial score (nSPS) is 10.4. The zero-order valence-corrected chi connectivity index (χ0v) is 8.58. The standard InChI is InChI=1S/C11H10ClNO/c1-8-3-2-4-9(5-8)10-7-13-11(6-12)14-10/h2-5,7H,6H2,1H3. The first kappa shape index (κ1) is 9.28. The lowest BCUT2D eigenvalue weighted by molar-refractivity contribution is 0.528. The van der Waals surface area contributed by atoms with E-state index in [1.807, 2.05) is 25.1 Å². The van der Waals surface area contributed by atoms with Crippen molar-refractivity contribution in [1.82, 2.24) is 4.98 Å². The van der Waals surface area contributed by atoms with E-state index in [4.69, 9.17) is 16.0 Å². The van der Waals surface area contributed by atoms with Crippen LogP contribution in [-0.2, 0) is 5.88 Å². The fraction of sp³-hybridized carbons (Fsp3) is 0.182. The van der Waals surface area contributed by atoms with Gasteiger partial charge in [0.2, 0.25) is 5.89 Å². The van der Waals surface area contributed by atoms with Gasteiger partial charge in [0.1, 0.15) is 0 Å². The summed E-state index contributed by atoms with van der Waals surface area (Å²) in [6, 6.07) is 8.08. The van der Waals surface area contributed by atoms with Gasteiger partial charge in [0.25, 0.3) is 0 Å². The smallest absolute Gasteiger partial charge is 0.209 e. The number of rotatable bonds is 2. The molecule has 3 heteroatoms. The van der Waals surface area contributed by atoms with Gasteiger partial charge in [0, 0.05) is 5.56 Å². The first-order valence-corrected chi connectivity index (χ1v) is 4.91. The molecule has 0 N–H and O–H groups in total. The molecule has 72 valence electrons. The molecule has 14 heavy (non-hydrogen) atoms. The molecule has 0 spiro atoms. The molecule has 0 atom stereocenters. The number of benzene rings is 1. The predicted molar refractivity (Wildman–Crippen MR) is 56.2 cm³/mol. The number of alkyl halides is 1. The van der Waals surface area contributed by atoms with Crippen LogP contribution < -0.4 is 0 Å². The summed E-state index contributed by atoms with van der Waals surface area (Å²) in [6.45, 7) is 2.04. The van der Waals surface area contributed by atoms with Crippen LogP contribution in [0.2, 0.25) is 0 Å². The zero-order valence-electron chi connectivity index (χ0n) is 7.83. The Morgan fingerprint density at radius 2 is 2.29 bits per heavy atom. The summed E-state index contributed by atoms with van der Waals surface area (Å²) < 4.78 is 5.43. The molecule has 2 nitrogen and oxygen atoms in total. The molecule has 2 rings (SSSR count). The highest BCUT2D eigenvalue weighted by Gasteiger charge is 2.04. The molecule has 0 aliphatic heterocycles. The molecule has 1 aromatic heterocycles. The van der Waals surface area contributed by atoms with Gasteiger partial charge in [-0.15, -0.1) is 11.6 Å². The second kappa shape index (κ2) is 3.84. The molecular formula is C11H10ClNO. The van der Waals surface area contributed by atoms with E-state index in [1.54, 1.807) is 6.20 Å². The van der Waals surface area contributed by atoms with Crippen molar-refractivity contribution in [2.45, 2.75) is 12.8 Å². The van der Waals surface area contributed by atoms with Crippen molar-refractivity contribution in [2.24, 2.45) is 0 Å². The molecule has 0 saturated heterocycles. The van der Waals surface area contributed by atoms with Gasteiger partial charge in [-0.2, -0.15) is 0 Å². The number of hydrogen-bond donors (Lipinski definition) is 0. The van der Waals surface area contributed by atoms with E-state index in [-0.39, 0.29) is 0 Å². The van der Waals surface area contributed by atoms with E-state index in [2.05, 4.69) is 11.1 Å². The van der Waals surface area contributed by atoms with Gasteiger partial charge in [-0.05, 0) is 13.0 Å². The van der Waals surface area contributed by atoms with Gasteiger partial charge >= 0.3 is 0 Å². The average molecular weight is 208 g/mol. The minimum atomic E-state index is 0.311. The van der Waals surface area contributed by atoms with Gasteiger partial charge in [-0.1, -0.05) is 23.8 Å². The van der Waals surface area contributed by atoms with Gasteiger partial charge in [-0.25, -0.2) is 4.98 Å². The van der Waals surface area contributed by atoms with Crippen molar-refractivity contribution in [3.05, 3.63) is 41.9 Å². The van der Waals surface area contributed by atoms with E-state index in [0.29, 0.717) is 11.8 Å². The molecule has 1 heterocycles. The number of aromatic nitrogens is 1. The van der Waals surface area contributed by atoms with Crippen molar-refractivity contribution >= 4 is 11.6 Å². The molecule has 0 unspecified atom stereocenters. The molecule has 0 saturated carbocycles. The van der Waals surface area contributed by atoms with Crippen LogP contribution in [0.3, 0.4) is 0 Å². The van der Waals surface area contributed by atoms with Crippen LogP contribution in [-0.4, -0.2) is 4.98 Å². The highest BCUT2D eigenvalue weighted by atomic mass is 35.5. The van der Waals surface area contributed by atoms with E-state index in [0.717, 1.165) is 11.3 Å². The van der Waals surface area contributed by atoms with E-state index in [1.165, 1.54) is 5.56 Å². The van der Waals surface area contributed by atoms with Crippen LogP contribution in [0.4, 0.5) is 0 Å². The third kappa shape index (κ3) is 1.80. The second-order valence-electron chi connectivity index (χ2n) is 3.12. The highest BCUT2D eigenvalue weighted by Crippen LogP contribution is 2.21. The predicted octanol–water partition coefficient (Wildman–Crippen LogP) is 3.39. The van der Waals surface area contributed by atoms with E-state index in [9.17, 15) is 0 Å². The maximum Gasteiger partial charge on any atom is 0.209 e. The van der Waals surface area contributed by atoms with Crippen molar-refractivity contribution in [3.8, 4) is 11.3 Å². The first-order valence-electron chi connectivity index (χ1n) is 4.37. The SMILES string of the molecule is Cc1cccc(-c2cnc(CCl)o2)c1. The summed E-state index contributed by atoms with van der Waals surface area (Å²) >= 11 is 5.60. The Balaban J connectivity index is 2.39. The van der Waals surface area contributed by atoms with Gasteiger partial charge in [0.05, 0.1) is 12.1 Å². The Morgan fingerprint density at radius 3 is 2.93 bits per heavy atom. The van der Waals surface area contributed by atoms with Crippen LogP contribution in [0.15, 0.2) is 34.9 Å². The fourth-order valence-corrected chi connectivity index (χ4v) is 1.43. The largest absolute Gasteiger partial charge is 0.439 e. The Kier molecular flexibility index (Phi) is 2.55. The van der Waals surface area contributed by atoms with Crippen molar-refractivity contribution < 1.29 is 4.42 Å². The topological polar surface area (TPSA) is 26.0 Å². The molecule has 0 amide bonds. The molecule has 0 aliphatic rings. The zero-order chi connectivity index (χ0) is 9.97. The van der Waals surface area contributed by atoms with Crippen molar-refractivity contribution in [3.63, 3.8) is 0 Å². The van der Waals surface area contributed by atoms with Gasteiger partial charge in [-0.3, -0.25) is 0 Å². The van der Waals surface area contributed by atoms with Crippen LogP contribution >= 0.6 is 11.6 Å². The Bertz CT molecular complexity index is 436. The first-order chi connectivity index (χ1) is 6.79. The van der Waals surface area contributed by atoms with Crippen LogP contribution in [0.25, 0.3) is 11.3 Å². The quantitative estimate of drug-likeness (QED) is 0.706. The molecule has 1 aromatic carbocycles. The fourth-order valence-electron chi connectivity index (χ4n) is 1.30. The van der Waals surface area contributed by atoms with Gasteiger partial charge in [0.15, 0.2) is 5.76 Å². The number of nitrogens with zero attached hydrogens (tertiary/aromatic N) is 1. The van der Waals surface area contributed by atoms with E-state index < -0.39 is 0 Å². The molecule has 0 radical (unpaired) electrons. The number of aryl methyl sites for hydroxylation is 1. The minimum absolute atomic E-state index is 0.311. The summed E-state index contributed by atoms with van der Waals surface area (Å²) in [6.07, 6.45) is 1.70. The molecule has 0 aliphatic carbocycles. The maximum absolute atomic E-state index is 5.60. The molecular weight excluding hydrogens is 198 g/mol. The highest BCUT2D eigenvalue weighted by molar-refractivity contribution is 6.16. The van der Waals surface area contributed by atoms with Crippen LogP contribution in [0, 0.1) is 6.92 Å². The van der Waals surface area contributed by atoms with E-state index >= 15 is 0 Å². The lowest BCUT2D eigenvalue weighted by atomic mass is 10.1. The van der Waals surface area contributed by atoms with Crippen molar-refractivity contribution in [2.75, 3.05) is 0 Å². The third-order valence-electron chi connectivity index (χ3n) is 1.97. The minimum Gasteiger partial charge on any atom is -0.439 e. The van der Waals surface area contributed by atoms with Crippen LogP contribution in [0.1, 0.15) is 11.5 Å². The lowest BCUT2D eigenvalue weighted by Crippen LogP contribution is -1.75. The lowest BCUT2D eigenvalue weighted by Gasteiger charge is -1.96. The summed E-state index contributed by atoms with van der Waals surface area (Å²) in [5.41, 5.74) is 2.24. The van der Waals surface area contributed by atoms with Crippen molar-refractivity contribution in [1.29, 1.82) is 0 Å². The Hall–Kier alpha value is -1.28. The average Bonchev–Trinajstić information content (AvgIpc) is 2.66. The molecule has 0 fully saturated rings. The monoisotopic (exact) mass is 207 g/mol. The summed E-state index contributed by atoms with van der Waals surface area (Å²) in [7, 11) is 0. The van der Waals surface area contributed by atoms with Gasteiger partial charge < -0.3 is 4.42 Å². The number of halogens is 1. The second-order valence-corrected chi connectivity index (χ2v) is 3.39. The Morgan fingerprint density at radius 1 is 1.43 bits per heavy atom. The number of oxazole rings is 1. The molecule has 0 bridgehead atoms. The maximum atomic E-state index is 5.60.